The maximum atomic E-state index is 11.1. The van der Waals surface area contributed by atoms with Gasteiger partial charge < -0.3 is 0 Å². The van der Waals surface area contributed by atoms with Crippen LogP contribution >= 0.6 is 0 Å². The molecule has 4 nitrogen and oxygen atoms in total. The van der Waals surface area contributed by atoms with Crippen LogP contribution in [0.3, 0.4) is 0 Å². The fourth-order valence-corrected chi connectivity index (χ4v) is 3.33. The smallest absolute Gasteiger partial charge is 0.273 e. The van der Waals surface area contributed by atoms with Gasteiger partial charge in [0.2, 0.25) is 0 Å². The topological polar surface area (TPSA) is 46.4 Å². The van der Waals surface area contributed by atoms with Crippen molar-refractivity contribution in [1.29, 1.82) is 0 Å². The molecule has 3 rings (SSSR count). The molecule has 2 aromatic rings. The molecule has 0 atom stereocenters. The molecule has 0 aliphatic carbocycles. The molecule has 1 fully saturated rings. The Bertz CT molecular complexity index is 674. The molecule has 0 bridgehead atoms. The molecule has 2 aromatic carbocycles. The third kappa shape index (κ3) is 3.77. The lowest BCUT2D eigenvalue weighted by Gasteiger charge is -2.32. The molecule has 1 aliphatic heterocycles. The summed E-state index contributed by atoms with van der Waals surface area (Å²) in [6.07, 6.45) is 2.23. The van der Waals surface area contributed by atoms with E-state index in [0.717, 1.165) is 31.5 Å². The van der Waals surface area contributed by atoms with Gasteiger partial charge >= 0.3 is 0 Å². The molecule has 0 radical (unpaired) electrons. The molecule has 1 aliphatic rings. The van der Waals surface area contributed by atoms with Crippen molar-refractivity contribution in [2.24, 2.45) is 0 Å². The van der Waals surface area contributed by atoms with Crippen LogP contribution in [-0.2, 0) is 6.54 Å². The van der Waals surface area contributed by atoms with Gasteiger partial charge in [0, 0.05) is 18.2 Å². The Morgan fingerprint density at radius 1 is 1.09 bits per heavy atom. The summed E-state index contributed by atoms with van der Waals surface area (Å²) >= 11 is 0. The molecule has 0 saturated carbocycles. The van der Waals surface area contributed by atoms with Gasteiger partial charge in [-0.15, -0.1) is 0 Å². The third-order valence-electron chi connectivity index (χ3n) is 4.72. The predicted molar refractivity (Wildman–Crippen MR) is 91.5 cm³/mol. The first-order chi connectivity index (χ1) is 11.1. The summed E-state index contributed by atoms with van der Waals surface area (Å²) in [5.74, 6) is 0.609. The maximum Gasteiger partial charge on any atom is 0.273 e. The van der Waals surface area contributed by atoms with Crippen molar-refractivity contribution < 1.29 is 4.92 Å². The van der Waals surface area contributed by atoms with Crippen molar-refractivity contribution in [3.63, 3.8) is 0 Å². The van der Waals surface area contributed by atoms with Crippen molar-refractivity contribution in [2.75, 3.05) is 13.1 Å². The molecule has 4 heteroatoms. The second-order valence-electron chi connectivity index (χ2n) is 6.35. The zero-order valence-corrected chi connectivity index (χ0v) is 13.4. The van der Waals surface area contributed by atoms with Gasteiger partial charge in [0.15, 0.2) is 0 Å². The van der Waals surface area contributed by atoms with Gasteiger partial charge in [-0.25, -0.2) is 0 Å². The largest absolute Gasteiger partial charge is 0.299 e. The van der Waals surface area contributed by atoms with Crippen molar-refractivity contribution in [2.45, 2.75) is 32.2 Å². The first-order valence-electron chi connectivity index (χ1n) is 8.14. The van der Waals surface area contributed by atoms with E-state index in [1.165, 1.54) is 11.1 Å². The predicted octanol–water partition coefficient (Wildman–Crippen LogP) is 4.28. The number of nitrogens with zero attached hydrogens (tertiary/aromatic N) is 2. The fraction of sp³-hybridized carbons (Fsp3) is 0.368. The highest BCUT2D eigenvalue weighted by atomic mass is 16.6. The SMILES string of the molecule is Cc1ccc(C2CCN(Cc3ccccc3[N+](=O)[O-])CC2)cc1. The van der Waals surface area contributed by atoms with Crippen LogP contribution in [0.25, 0.3) is 0 Å². The Labute approximate surface area is 136 Å². The Hall–Kier alpha value is -2.20. The van der Waals surface area contributed by atoms with Gasteiger partial charge in [-0.05, 0) is 44.3 Å². The van der Waals surface area contributed by atoms with Crippen LogP contribution in [0.5, 0.6) is 0 Å². The second-order valence-corrected chi connectivity index (χ2v) is 6.35. The summed E-state index contributed by atoms with van der Waals surface area (Å²) in [5.41, 5.74) is 3.75. The van der Waals surface area contributed by atoms with Crippen molar-refractivity contribution in [1.82, 2.24) is 4.90 Å². The van der Waals surface area contributed by atoms with E-state index in [0.29, 0.717) is 12.5 Å². The van der Waals surface area contributed by atoms with Crippen LogP contribution in [0.2, 0.25) is 0 Å². The summed E-state index contributed by atoms with van der Waals surface area (Å²) in [5, 5.41) is 11.1. The average molecular weight is 310 g/mol. The van der Waals surface area contributed by atoms with E-state index in [1.807, 2.05) is 12.1 Å². The molecule has 1 saturated heterocycles. The number of hydrogen-bond donors (Lipinski definition) is 0. The number of hydrogen-bond acceptors (Lipinski definition) is 3. The maximum absolute atomic E-state index is 11.1. The van der Waals surface area contributed by atoms with Gasteiger partial charge in [0.1, 0.15) is 0 Å². The van der Waals surface area contributed by atoms with Crippen LogP contribution in [0, 0.1) is 17.0 Å². The van der Waals surface area contributed by atoms with Crippen molar-refractivity contribution in [3.05, 3.63) is 75.3 Å². The lowest BCUT2D eigenvalue weighted by atomic mass is 9.89. The number of nitro benzene ring substituents is 1. The number of likely N-dealkylation sites (tertiary alicyclic amines) is 1. The zero-order valence-electron chi connectivity index (χ0n) is 13.4. The Balaban J connectivity index is 1.61. The molecule has 0 unspecified atom stereocenters. The minimum absolute atomic E-state index is 0.230. The van der Waals surface area contributed by atoms with E-state index >= 15 is 0 Å². The van der Waals surface area contributed by atoms with Crippen molar-refractivity contribution in [3.8, 4) is 0 Å². The number of rotatable bonds is 4. The van der Waals surface area contributed by atoms with E-state index in [1.54, 1.807) is 12.1 Å². The minimum atomic E-state index is -0.283. The molecule has 0 amide bonds. The van der Waals surface area contributed by atoms with Gasteiger partial charge in [-0.2, -0.15) is 0 Å². The number of piperidine rings is 1. The van der Waals surface area contributed by atoms with E-state index in [4.69, 9.17) is 0 Å². The van der Waals surface area contributed by atoms with Crippen LogP contribution < -0.4 is 0 Å². The lowest BCUT2D eigenvalue weighted by molar-refractivity contribution is -0.385. The van der Waals surface area contributed by atoms with E-state index in [-0.39, 0.29) is 10.6 Å². The van der Waals surface area contributed by atoms with E-state index in [2.05, 4.69) is 36.1 Å². The van der Waals surface area contributed by atoms with E-state index in [9.17, 15) is 10.1 Å². The highest BCUT2D eigenvalue weighted by Crippen LogP contribution is 2.29. The van der Waals surface area contributed by atoms with Gasteiger partial charge in [0.25, 0.3) is 5.69 Å². The monoisotopic (exact) mass is 310 g/mol. The minimum Gasteiger partial charge on any atom is -0.299 e. The number of benzene rings is 2. The van der Waals surface area contributed by atoms with Gasteiger partial charge in [0.05, 0.1) is 4.92 Å². The first kappa shape index (κ1) is 15.7. The molecule has 120 valence electrons. The summed E-state index contributed by atoms with van der Waals surface area (Å²) < 4.78 is 0. The van der Waals surface area contributed by atoms with Crippen LogP contribution in [0.4, 0.5) is 5.69 Å². The zero-order chi connectivity index (χ0) is 16.2. The highest BCUT2D eigenvalue weighted by Gasteiger charge is 2.22. The second kappa shape index (κ2) is 6.92. The normalized spacial score (nSPS) is 16.4. The molecular formula is C19H22N2O2. The van der Waals surface area contributed by atoms with Crippen LogP contribution in [0.1, 0.15) is 35.4 Å². The quantitative estimate of drug-likeness (QED) is 0.625. The first-order valence-corrected chi connectivity index (χ1v) is 8.14. The third-order valence-corrected chi connectivity index (χ3v) is 4.72. The summed E-state index contributed by atoms with van der Waals surface area (Å²) in [4.78, 5) is 13.2. The molecular weight excluding hydrogens is 288 g/mol. The Morgan fingerprint density at radius 2 is 1.74 bits per heavy atom. The van der Waals surface area contributed by atoms with E-state index < -0.39 is 0 Å². The molecule has 0 aromatic heterocycles. The Kier molecular flexibility index (Phi) is 4.72. The van der Waals surface area contributed by atoms with Gasteiger partial charge in [-0.1, -0.05) is 48.0 Å². The summed E-state index contributed by atoms with van der Waals surface area (Å²) in [6, 6.07) is 15.9. The van der Waals surface area contributed by atoms with Gasteiger partial charge in [-0.3, -0.25) is 15.0 Å². The standard InChI is InChI=1S/C19H22N2O2/c1-15-6-8-16(9-7-15)17-10-12-20(13-11-17)14-18-4-2-3-5-19(18)21(22)23/h2-9,17H,10-14H2,1H3. The van der Waals surface area contributed by atoms with Crippen molar-refractivity contribution >= 4 is 5.69 Å². The van der Waals surface area contributed by atoms with Crippen LogP contribution in [-0.4, -0.2) is 22.9 Å². The fourth-order valence-electron chi connectivity index (χ4n) is 3.33. The number of aryl methyl sites for hydroxylation is 1. The summed E-state index contributed by atoms with van der Waals surface area (Å²) in [6.45, 7) is 4.76. The Morgan fingerprint density at radius 3 is 2.39 bits per heavy atom. The lowest BCUT2D eigenvalue weighted by Crippen LogP contribution is -2.32. The molecule has 0 N–H and O–H groups in total. The average Bonchev–Trinajstić information content (AvgIpc) is 2.57. The summed E-state index contributed by atoms with van der Waals surface area (Å²) in [7, 11) is 0. The van der Waals surface area contributed by atoms with Crippen LogP contribution in [0.15, 0.2) is 48.5 Å². The number of nitro groups is 1. The molecule has 1 heterocycles. The highest BCUT2D eigenvalue weighted by molar-refractivity contribution is 5.39. The molecule has 23 heavy (non-hydrogen) atoms. The molecule has 0 spiro atoms. The number of para-hydroxylation sites is 1.